The van der Waals surface area contributed by atoms with Crippen LogP contribution in [0.4, 0.5) is 0 Å². The number of hydrogen-bond acceptors (Lipinski definition) is 7. The quantitative estimate of drug-likeness (QED) is 0.502. The number of carbonyl (C=O) groups is 3. The summed E-state index contributed by atoms with van der Waals surface area (Å²) in [7, 11) is 1.57. The first-order valence-electron chi connectivity index (χ1n) is 8.26. The van der Waals surface area contributed by atoms with E-state index < -0.39 is 30.3 Å². The fourth-order valence-electron chi connectivity index (χ4n) is 2.67. The number of carboxylic acid groups (broad SMARTS) is 2. The molecule has 0 unspecified atom stereocenters. The summed E-state index contributed by atoms with van der Waals surface area (Å²) in [4.78, 5) is 36.0. The van der Waals surface area contributed by atoms with Crippen molar-refractivity contribution in [3.8, 4) is 17.1 Å². The molecule has 0 spiro atoms. The van der Waals surface area contributed by atoms with Crippen LogP contribution in [0, 0.1) is 0 Å². The fraction of sp³-hybridized carbons (Fsp3) is 0.158. The molecule has 1 aromatic carbocycles. The predicted octanol–water partition coefficient (Wildman–Crippen LogP) is 3.08. The number of amides is 1. The molecule has 1 aliphatic heterocycles. The molecule has 0 saturated carbocycles. The van der Waals surface area contributed by atoms with Gasteiger partial charge < -0.3 is 19.4 Å². The lowest BCUT2D eigenvalue weighted by atomic mass is 10.2. The number of aliphatic carboxylic acids is 2. The summed E-state index contributed by atoms with van der Waals surface area (Å²) < 4.78 is 10.8. The van der Waals surface area contributed by atoms with Crippen molar-refractivity contribution in [3.05, 3.63) is 47.1 Å². The zero-order chi connectivity index (χ0) is 21.1. The van der Waals surface area contributed by atoms with Gasteiger partial charge in [0, 0.05) is 11.6 Å². The van der Waals surface area contributed by atoms with E-state index in [1.165, 1.54) is 6.08 Å². The minimum Gasteiger partial charge on any atom is -0.497 e. The molecule has 10 heteroatoms. The number of furan rings is 1. The number of ether oxygens (including phenoxy) is 1. The van der Waals surface area contributed by atoms with Crippen LogP contribution in [0.1, 0.15) is 12.2 Å². The van der Waals surface area contributed by atoms with Crippen LogP contribution in [-0.4, -0.2) is 50.4 Å². The van der Waals surface area contributed by atoms with Crippen molar-refractivity contribution in [2.45, 2.75) is 12.5 Å². The number of rotatable bonds is 7. The maximum absolute atomic E-state index is 12.6. The summed E-state index contributed by atoms with van der Waals surface area (Å²) in [5, 5.41) is 18.2. The Kier molecular flexibility index (Phi) is 6.04. The molecule has 1 amide bonds. The zero-order valence-electron chi connectivity index (χ0n) is 15.0. The number of nitrogens with zero attached hydrogens (tertiary/aromatic N) is 1. The van der Waals surface area contributed by atoms with E-state index in [2.05, 4.69) is 0 Å². The molecule has 29 heavy (non-hydrogen) atoms. The van der Waals surface area contributed by atoms with E-state index >= 15 is 0 Å². The third kappa shape index (κ3) is 4.49. The maximum Gasteiger partial charge on any atom is 0.327 e. The van der Waals surface area contributed by atoms with Crippen LogP contribution in [0.25, 0.3) is 17.4 Å². The monoisotopic (exact) mass is 433 g/mol. The van der Waals surface area contributed by atoms with E-state index in [1.54, 1.807) is 31.4 Å². The molecule has 0 bridgehead atoms. The van der Waals surface area contributed by atoms with Crippen molar-refractivity contribution < 1.29 is 33.8 Å². The Balaban J connectivity index is 1.83. The summed E-state index contributed by atoms with van der Waals surface area (Å²) in [6.07, 6.45) is 0.698. The number of carboxylic acids is 2. The highest BCUT2D eigenvalue weighted by Gasteiger charge is 2.41. The molecule has 1 aliphatic rings. The minimum atomic E-state index is -1.57. The molecule has 150 valence electrons. The van der Waals surface area contributed by atoms with Crippen LogP contribution in [0.5, 0.6) is 5.75 Å². The molecule has 2 N–H and O–H groups in total. The lowest BCUT2D eigenvalue weighted by Crippen LogP contribution is -2.45. The first kappa shape index (κ1) is 20.6. The fourth-order valence-corrected chi connectivity index (χ4v) is 4.01. The predicted molar refractivity (Wildman–Crippen MR) is 109 cm³/mol. The van der Waals surface area contributed by atoms with E-state index in [0.717, 1.165) is 22.2 Å². The molecule has 2 aromatic rings. The van der Waals surface area contributed by atoms with Crippen molar-refractivity contribution >= 4 is 52.2 Å². The van der Waals surface area contributed by atoms with Crippen LogP contribution >= 0.6 is 24.0 Å². The summed E-state index contributed by atoms with van der Waals surface area (Å²) in [5.41, 5.74) is 0.811. The molecule has 1 atom stereocenters. The van der Waals surface area contributed by atoms with Crippen molar-refractivity contribution in [1.82, 2.24) is 4.90 Å². The Bertz CT molecular complexity index is 1010. The van der Waals surface area contributed by atoms with Crippen LogP contribution in [0.2, 0.25) is 0 Å². The van der Waals surface area contributed by atoms with Gasteiger partial charge in [-0.1, -0.05) is 24.0 Å². The SMILES string of the molecule is COc1ccc(-c2ccc(/C=C3/SC(=S)N([C@H](CC(=O)O)C(=O)O)C3=O)o2)cc1. The third-order valence-electron chi connectivity index (χ3n) is 4.06. The number of methoxy groups -OCH3 is 1. The van der Waals surface area contributed by atoms with E-state index in [9.17, 15) is 19.5 Å². The number of thioether (sulfide) groups is 1. The first-order chi connectivity index (χ1) is 13.8. The first-order valence-corrected chi connectivity index (χ1v) is 9.48. The number of hydrogen-bond donors (Lipinski definition) is 2. The van der Waals surface area contributed by atoms with Crippen LogP contribution in [0.3, 0.4) is 0 Å². The van der Waals surface area contributed by atoms with Crippen molar-refractivity contribution in [2.75, 3.05) is 7.11 Å². The lowest BCUT2D eigenvalue weighted by Gasteiger charge is -2.21. The Morgan fingerprint density at radius 3 is 2.52 bits per heavy atom. The Morgan fingerprint density at radius 2 is 1.93 bits per heavy atom. The topological polar surface area (TPSA) is 117 Å². The van der Waals surface area contributed by atoms with Gasteiger partial charge in [-0.2, -0.15) is 0 Å². The van der Waals surface area contributed by atoms with Gasteiger partial charge in [-0.25, -0.2) is 4.79 Å². The number of carbonyl (C=O) groups excluding carboxylic acids is 1. The van der Waals surface area contributed by atoms with Gasteiger partial charge >= 0.3 is 11.9 Å². The van der Waals surface area contributed by atoms with Crippen molar-refractivity contribution in [1.29, 1.82) is 0 Å². The largest absolute Gasteiger partial charge is 0.497 e. The Morgan fingerprint density at radius 1 is 1.24 bits per heavy atom. The summed E-state index contributed by atoms with van der Waals surface area (Å²) in [5.74, 6) is -1.80. The highest BCUT2D eigenvalue weighted by atomic mass is 32.2. The molecule has 0 radical (unpaired) electrons. The minimum absolute atomic E-state index is 0.0168. The van der Waals surface area contributed by atoms with E-state index in [4.69, 9.17) is 26.5 Å². The van der Waals surface area contributed by atoms with Gasteiger partial charge in [0.1, 0.15) is 27.6 Å². The summed E-state index contributed by atoms with van der Waals surface area (Å²) >= 11 is 5.99. The van der Waals surface area contributed by atoms with Crippen LogP contribution in [0.15, 0.2) is 45.7 Å². The highest BCUT2D eigenvalue weighted by molar-refractivity contribution is 8.26. The number of benzene rings is 1. The van der Waals surface area contributed by atoms with Gasteiger partial charge in [0.2, 0.25) is 0 Å². The third-order valence-corrected chi connectivity index (χ3v) is 5.39. The number of thiocarbonyl (C=S) groups is 1. The Hall–Kier alpha value is -3.11. The second-order valence-corrected chi connectivity index (χ2v) is 7.61. The summed E-state index contributed by atoms with van der Waals surface area (Å²) in [6, 6.07) is 9.05. The molecular formula is C19H15NO7S2. The van der Waals surface area contributed by atoms with Crippen LogP contribution in [-0.2, 0) is 14.4 Å². The molecule has 1 fully saturated rings. The molecular weight excluding hydrogens is 418 g/mol. The summed E-state index contributed by atoms with van der Waals surface area (Å²) in [6.45, 7) is 0. The normalized spacial score (nSPS) is 16.3. The average Bonchev–Trinajstić information content (AvgIpc) is 3.25. The van der Waals surface area contributed by atoms with Gasteiger partial charge in [0.25, 0.3) is 5.91 Å². The Labute approximate surface area is 174 Å². The van der Waals surface area contributed by atoms with Gasteiger partial charge in [-0.15, -0.1) is 0 Å². The maximum atomic E-state index is 12.6. The molecule has 3 rings (SSSR count). The molecule has 1 saturated heterocycles. The van der Waals surface area contributed by atoms with Crippen LogP contribution < -0.4 is 4.74 Å². The van der Waals surface area contributed by atoms with Crippen molar-refractivity contribution in [2.24, 2.45) is 0 Å². The zero-order valence-corrected chi connectivity index (χ0v) is 16.7. The second kappa shape index (κ2) is 8.50. The van der Waals surface area contributed by atoms with Gasteiger partial charge in [0.05, 0.1) is 18.4 Å². The average molecular weight is 433 g/mol. The second-order valence-electron chi connectivity index (χ2n) is 5.93. The van der Waals surface area contributed by atoms with E-state index in [-0.39, 0.29) is 9.23 Å². The van der Waals surface area contributed by atoms with Gasteiger partial charge in [-0.05, 0) is 36.4 Å². The van der Waals surface area contributed by atoms with Crippen molar-refractivity contribution in [3.63, 3.8) is 0 Å². The molecule has 8 nitrogen and oxygen atoms in total. The highest BCUT2D eigenvalue weighted by Crippen LogP contribution is 2.35. The lowest BCUT2D eigenvalue weighted by molar-refractivity contribution is -0.150. The van der Waals surface area contributed by atoms with E-state index in [0.29, 0.717) is 17.3 Å². The molecule has 0 aliphatic carbocycles. The molecule has 1 aromatic heterocycles. The molecule has 2 heterocycles. The van der Waals surface area contributed by atoms with Gasteiger partial charge in [0.15, 0.2) is 0 Å². The standard InChI is InChI=1S/C19H15NO7S2/c1-26-11-4-2-10(3-5-11)14-7-6-12(27-14)8-15-17(23)20(19(28)29-15)13(18(24)25)9-16(21)22/h2-8,13H,9H2,1H3,(H,21,22)(H,24,25)/b15-8+/t13-/m1/s1. The van der Waals surface area contributed by atoms with Gasteiger partial charge in [-0.3, -0.25) is 14.5 Å². The van der Waals surface area contributed by atoms with E-state index in [1.807, 2.05) is 12.1 Å². The smallest absolute Gasteiger partial charge is 0.327 e.